The molecule has 2 radical (unpaired) electrons. The second kappa shape index (κ2) is 16.7. The standard InChI is InChI=1S/2C4H6O4.Na.Sb/c2*5-3(6)1-2-4(7)8;;/h2*1-2H2,(H,5,6)(H,7,8);;/q;;+1;+3/p-4. The zero-order valence-corrected chi connectivity index (χ0v) is 14.1. The average molecular weight is 377 g/mol. The van der Waals surface area contributed by atoms with Gasteiger partial charge in [-0.15, -0.1) is 0 Å². The summed E-state index contributed by atoms with van der Waals surface area (Å²) in [6.45, 7) is 0. The molecule has 0 aliphatic carbocycles. The van der Waals surface area contributed by atoms with Crippen LogP contribution in [0.4, 0.5) is 0 Å². The second-order valence-corrected chi connectivity index (χ2v) is 2.49. The molecule has 0 atom stereocenters. The summed E-state index contributed by atoms with van der Waals surface area (Å²) >= 11 is 0. The average Bonchev–Trinajstić information content (AvgIpc) is 2.12. The summed E-state index contributed by atoms with van der Waals surface area (Å²) in [5.41, 5.74) is 0. The normalized spacial score (nSPS) is 7.56. The molecule has 0 unspecified atom stereocenters. The van der Waals surface area contributed by atoms with E-state index in [0.717, 1.165) is 0 Å². The van der Waals surface area contributed by atoms with Gasteiger partial charge in [0.15, 0.2) is 0 Å². The monoisotopic (exact) mass is 376 g/mol. The Morgan fingerprint density at radius 3 is 0.722 bits per heavy atom. The summed E-state index contributed by atoms with van der Waals surface area (Å²) in [4.78, 5) is 38.0. The molecule has 0 aliphatic heterocycles. The molecule has 18 heavy (non-hydrogen) atoms. The first-order valence-corrected chi connectivity index (χ1v) is 4.05. The summed E-state index contributed by atoms with van der Waals surface area (Å²) < 4.78 is 0. The smallest absolute Gasteiger partial charge is 0.550 e. The molecule has 0 aromatic carbocycles. The van der Waals surface area contributed by atoms with Crippen molar-refractivity contribution < 1.29 is 69.2 Å². The van der Waals surface area contributed by atoms with E-state index in [9.17, 15) is 39.6 Å². The molecule has 0 aliphatic rings. The van der Waals surface area contributed by atoms with Crippen LogP contribution in [-0.4, -0.2) is 48.3 Å². The van der Waals surface area contributed by atoms with E-state index in [1.54, 1.807) is 0 Å². The fraction of sp³-hybridized carbons (Fsp3) is 0.500. The minimum atomic E-state index is -1.37. The summed E-state index contributed by atoms with van der Waals surface area (Å²) in [5, 5.41) is 38.0. The van der Waals surface area contributed by atoms with Crippen molar-refractivity contribution in [1.29, 1.82) is 0 Å². The molecule has 94 valence electrons. The van der Waals surface area contributed by atoms with Gasteiger partial charge < -0.3 is 39.6 Å². The molecule has 8 nitrogen and oxygen atoms in total. The molecule has 0 N–H and O–H groups in total. The molecule has 0 heterocycles. The van der Waals surface area contributed by atoms with Gasteiger partial charge in [-0.05, 0) is 25.7 Å². The molecule has 0 rings (SSSR count). The first kappa shape index (κ1) is 26.3. The van der Waals surface area contributed by atoms with Crippen LogP contribution in [0.2, 0.25) is 0 Å². The third-order valence-electron chi connectivity index (χ3n) is 1.07. The van der Waals surface area contributed by atoms with E-state index >= 15 is 0 Å². The third kappa shape index (κ3) is 36.1. The van der Waals surface area contributed by atoms with Crippen molar-refractivity contribution in [1.82, 2.24) is 0 Å². The molecule has 0 spiro atoms. The molecule has 10 heteroatoms. The van der Waals surface area contributed by atoms with Gasteiger partial charge in [-0.1, -0.05) is 0 Å². The third-order valence-corrected chi connectivity index (χ3v) is 1.07. The summed E-state index contributed by atoms with van der Waals surface area (Å²) in [5.74, 6) is -5.47. The number of hydrogen-bond donors (Lipinski definition) is 0. The maximum absolute atomic E-state index is 9.50. The molecule has 0 saturated carbocycles. The van der Waals surface area contributed by atoms with Gasteiger partial charge in [-0.25, -0.2) is 0 Å². The van der Waals surface area contributed by atoms with Crippen molar-refractivity contribution >= 4 is 48.3 Å². The Hall–Kier alpha value is -0.302. The van der Waals surface area contributed by atoms with Crippen LogP contribution in [-0.2, 0) is 19.2 Å². The van der Waals surface area contributed by atoms with Gasteiger partial charge in [0.2, 0.25) is 0 Å². The number of carboxylic acid groups (broad SMARTS) is 4. The topological polar surface area (TPSA) is 161 Å². The van der Waals surface area contributed by atoms with Gasteiger partial charge in [0.1, 0.15) is 0 Å². The van der Waals surface area contributed by atoms with Crippen LogP contribution in [0, 0.1) is 0 Å². The Labute approximate surface area is 142 Å². The van der Waals surface area contributed by atoms with E-state index in [2.05, 4.69) is 0 Å². The number of hydrogen-bond acceptors (Lipinski definition) is 8. The van der Waals surface area contributed by atoms with Crippen molar-refractivity contribution in [2.75, 3.05) is 0 Å². The maximum Gasteiger partial charge on any atom is 3.00 e. The van der Waals surface area contributed by atoms with E-state index in [4.69, 9.17) is 0 Å². The molecule has 0 aromatic rings. The first-order chi connectivity index (χ1) is 7.25. The fourth-order valence-corrected chi connectivity index (χ4v) is 0.408. The predicted octanol–water partition coefficient (Wildman–Crippen LogP) is -8.84. The van der Waals surface area contributed by atoms with E-state index < -0.39 is 49.6 Å². The van der Waals surface area contributed by atoms with Gasteiger partial charge in [-0.3, -0.25) is 0 Å². The van der Waals surface area contributed by atoms with E-state index in [1.165, 1.54) is 0 Å². The van der Waals surface area contributed by atoms with E-state index in [1.807, 2.05) is 0 Å². The molecular formula is C8H8NaO8Sb. The van der Waals surface area contributed by atoms with Gasteiger partial charge in [0, 0.05) is 23.9 Å². The Morgan fingerprint density at radius 2 is 0.667 bits per heavy atom. The van der Waals surface area contributed by atoms with Gasteiger partial charge in [0.25, 0.3) is 0 Å². The molecule has 0 saturated heterocycles. The van der Waals surface area contributed by atoms with Crippen molar-refractivity contribution in [2.24, 2.45) is 0 Å². The van der Waals surface area contributed by atoms with Gasteiger partial charge in [-0.2, -0.15) is 0 Å². The van der Waals surface area contributed by atoms with E-state index in [0.29, 0.717) is 0 Å². The first-order valence-electron chi connectivity index (χ1n) is 4.05. The summed E-state index contributed by atoms with van der Waals surface area (Å²) in [6, 6.07) is 0. The Morgan fingerprint density at radius 1 is 0.556 bits per heavy atom. The Kier molecular flexibility index (Phi) is 24.4. The van der Waals surface area contributed by atoms with Crippen molar-refractivity contribution in [2.45, 2.75) is 25.7 Å². The molecule has 0 aromatic heterocycles. The molecule has 0 bridgehead atoms. The van der Waals surface area contributed by atoms with Crippen LogP contribution >= 0.6 is 0 Å². The van der Waals surface area contributed by atoms with Crippen LogP contribution in [0.5, 0.6) is 0 Å². The summed E-state index contributed by atoms with van der Waals surface area (Å²) in [7, 11) is 0. The minimum absolute atomic E-state index is 0. The number of carbonyl (C=O) groups excluding carboxylic acids is 4. The largest absolute Gasteiger partial charge is 3.00 e. The SMILES string of the molecule is O=C([O-])CCC(=O)[O-].O=C([O-])CCC(=O)[O-].[Na+].[Sb+3]. The zero-order chi connectivity index (χ0) is 13.1. The van der Waals surface area contributed by atoms with Crippen LogP contribution < -0.4 is 50.0 Å². The van der Waals surface area contributed by atoms with Crippen molar-refractivity contribution in [3.8, 4) is 0 Å². The van der Waals surface area contributed by atoms with Crippen LogP contribution in [0.25, 0.3) is 0 Å². The Bertz CT molecular complexity index is 224. The number of carboxylic acids is 4. The second-order valence-electron chi connectivity index (χ2n) is 2.49. The van der Waals surface area contributed by atoms with Crippen molar-refractivity contribution in [3.63, 3.8) is 0 Å². The number of carbonyl (C=O) groups is 4. The van der Waals surface area contributed by atoms with Gasteiger partial charge in [0.05, 0.1) is 0 Å². The van der Waals surface area contributed by atoms with Crippen LogP contribution in [0.15, 0.2) is 0 Å². The zero-order valence-electron chi connectivity index (χ0n) is 9.54. The molecule has 0 fully saturated rings. The molecule has 0 amide bonds. The maximum atomic E-state index is 9.50. The van der Waals surface area contributed by atoms with Crippen molar-refractivity contribution in [3.05, 3.63) is 0 Å². The number of aliphatic carboxylic acids is 4. The fourth-order valence-electron chi connectivity index (χ4n) is 0.408. The molecular weight excluding hydrogens is 369 g/mol. The predicted molar refractivity (Wildman–Crippen MR) is 44.3 cm³/mol. The quantitative estimate of drug-likeness (QED) is 0.413. The minimum Gasteiger partial charge on any atom is -0.550 e. The Balaban J connectivity index is -0.0000000980. The van der Waals surface area contributed by atoms with E-state index in [-0.39, 0.29) is 54.0 Å². The van der Waals surface area contributed by atoms with Gasteiger partial charge >= 0.3 is 54.0 Å². The number of rotatable bonds is 6. The summed E-state index contributed by atoms with van der Waals surface area (Å²) in [6.07, 6.45) is -1.88. The van der Waals surface area contributed by atoms with Crippen LogP contribution in [0.3, 0.4) is 0 Å². The van der Waals surface area contributed by atoms with Crippen LogP contribution in [0.1, 0.15) is 25.7 Å².